The molecule has 2 aromatic carbocycles. The van der Waals surface area contributed by atoms with Gasteiger partial charge in [-0.2, -0.15) is 5.10 Å². The molecule has 0 saturated carbocycles. The Morgan fingerprint density at radius 1 is 1.09 bits per heavy atom. The molecule has 2 aromatic rings. The molecule has 0 aromatic heterocycles. The van der Waals surface area contributed by atoms with Crippen LogP contribution in [0.15, 0.2) is 41.5 Å². The number of rotatable bonds is 5. The van der Waals surface area contributed by atoms with Gasteiger partial charge >= 0.3 is 0 Å². The van der Waals surface area contributed by atoms with Crippen molar-refractivity contribution in [1.29, 1.82) is 0 Å². The van der Waals surface area contributed by atoms with Crippen molar-refractivity contribution in [2.75, 3.05) is 0 Å². The molecular weight excluding hydrogens is 303 g/mol. The van der Waals surface area contributed by atoms with E-state index in [1.54, 1.807) is 12.1 Å². The van der Waals surface area contributed by atoms with Crippen molar-refractivity contribution in [3.05, 3.63) is 53.3 Å². The molecule has 23 heavy (non-hydrogen) atoms. The van der Waals surface area contributed by atoms with Gasteiger partial charge < -0.3 is 15.3 Å². The maximum atomic E-state index is 12.7. The van der Waals surface area contributed by atoms with Crippen LogP contribution in [0.3, 0.4) is 0 Å². The lowest BCUT2D eigenvalue weighted by molar-refractivity contribution is -0.121. The molecule has 0 aliphatic carbocycles. The third-order valence-electron chi connectivity index (χ3n) is 3.11. The average Bonchev–Trinajstić information content (AvgIpc) is 2.54. The predicted molar refractivity (Wildman–Crippen MR) is 81.9 cm³/mol. The Hall–Kier alpha value is -3.09. The summed E-state index contributed by atoms with van der Waals surface area (Å²) in [4.78, 5) is 11.6. The standard InChI is InChI=1S/C16H15FN2O4/c17-12-5-1-10(2-6-12)3-8-14(21)19-18-9-11-4-7-13(20)16(23)15(11)22/h1-2,4-7,9,20,22-23H,3,8H2,(H,19,21)/b18-9+. The van der Waals surface area contributed by atoms with Crippen LogP contribution in [-0.2, 0) is 11.2 Å². The zero-order valence-electron chi connectivity index (χ0n) is 12.0. The van der Waals surface area contributed by atoms with E-state index in [0.29, 0.717) is 6.42 Å². The monoisotopic (exact) mass is 318 g/mol. The van der Waals surface area contributed by atoms with E-state index in [4.69, 9.17) is 0 Å². The summed E-state index contributed by atoms with van der Waals surface area (Å²) in [5, 5.41) is 31.8. The fourth-order valence-electron chi connectivity index (χ4n) is 1.83. The molecule has 0 radical (unpaired) electrons. The third-order valence-corrected chi connectivity index (χ3v) is 3.11. The van der Waals surface area contributed by atoms with Crippen molar-refractivity contribution in [3.63, 3.8) is 0 Å². The second kappa shape index (κ2) is 7.26. The van der Waals surface area contributed by atoms with E-state index in [0.717, 1.165) is 11.8 Å². The van der Waals surface area contributed by atoms with E-state index in [2.05, 4.69) is 10.5 Å². The Labute approximate surface area is 131 Å². The predicted octanol–water partition coefficient (Wildman–Crippen LogP) is 2.03. The lowest BCUT2D eigenvalue weighted by atomic mass is 10.1. The van der Waals surface area contributed by atoms with Gasteiger partial charge in [0, 0.05) is 12.0 Å². The molecule has 1 amide bonds. The van der Waals surface area contributed by atoms with E-state index in [1.807, 2.05) is 0 Å². The van der Waals surface area contributed by atoms with Gasteiger partial charge in [-0.05, 0) is 36.2 Å². The van der Waals surface area contributed by atoms with E-state index in [1.165, 1.54) is 24.3 Å². The van der Waals surface area contributed by atoms with Gasteiger partial charge in [-0.15, -0.1) is 0 Å². The minimum Gasteiger partial charge on any atom is -0.504 e. The van der Waals surface area contributed by atoms with Crippen LogP contribution >= 0.6 is 0 Å². The Morgan fingerprint density at radius 2 is 1.78 bits per heavy atom. The molecule has 7 heteroatoms. The zero-order chi connectivity index (χ0) is 16.8. The summed E-state index contributed by atoms with van der Waals surface area (Å²) >= 11 is 0. The quantitative estimate of drug-likeness (QED) is 0.385. The van der Waals surface area contributed by atoms with Crippen molar-refractivity contribution in [3.8, 4) is 17.2 Å². The SMILES string of the molecule is O=C(CCc1ccc(F)cc1)N/N=C/c1ccc(O)c(O)c1O. The van der Waals surface area contributed by atoms with Gasteiger partial charge in [0.25, 0.3) is 0 Å². The molecule has 120 valence electrons. The normalized spacial score (nSPS) is 10.8. The average molecular weight is 318 g/mol. The maximum absolute atomic E-state index is 12.7. The van der Waals surface area contributed by atoms with Crippen LogP contribution in [0.25, 0.3) is 0 Å². The van der Waals surface area contributed by atoms with Gasteiger partial charge in [0.1, 0.15) is 5.82 Å². The zero-order valence-corrected chi connectivity index (χ0v) is 12.0. The number of aromatic hydroxyl groups is 3. The molecule has 0 aliphatic heterocycles. The number of hydrazone groups is 1. The summed E-state index contributed by atoms with van der Waals surface area (Å²) in [6.45, 7) is 0. The molecule has 0 saturated heterocycles. The molecule has 6 nitrogen and oxygen atoms in total. The van der Waals surface area contributed by atoms with Crippen LogP contribution < -0.4 is 5.43 Å². The lowest BCUT2D eigenvalue weighted by Gasteiger charge is -2.04. The Kier molecular flexibility index (Phi) is 5.14. The number of nitrogens with one attached hydrogen (secondary N) is 1. The van der Waals surface area contributed by atoms with Gasteiger partial charge in [-0.25, -0.2) is 9.82 Å². The topological polar surface area (TPSA) is 102 Å². The molecular formula is C16H15FN2O4. The molecule has 0 atom stereocenters. The highest BCUT2D eigenvalue weighted by Crippen LogP contribution is 2.36. The number of carbonyl (C=O) groups excluding carboxylic acids is 1. The summed E-state index contributed by atoms with van der Waals surface area (Å²) in [6.07, 6.45) is 1.74. The van der Waals surface area contributed by atoms with Crippen molar-refractivity contribution in [2.45, 2.75) is 12.8 Å². The minimum absolute atomic E-state index is 0.138. The van der Waals surface area contributed by atoms with Crippen LogP contribution in [-0.4, -0.2) is 27.4 Å². The van der Waals surface area contributed by atoms with Crippen molar-refractivity contribution < 1.29 is 24.5 Å². The minimum atomic E-state index is -0.656. The van der Waals surface area contributed by atoms with Crippen LogP contribution in [0.5, 0.6) is 17.2 Å². The third kappa shape index (κ3) is 4.44. The molecule has 0 heterocycles. The number of nitrogens with zero attached hydrogens (tertiary/aromatic N) is 1. The van der Waals surface area contributed by atoms with Gasteiger partial charge in [0.05, 0.1) is 6.21 Å². The lowest BCUT2D eigenvalue weighted by Crippen LogP contribution is -2.17. The fraction of sp³-hybridized carbons (Fsp3) is 0.125. The number of aryl methyl sites for hydroxylation is 1. The first-order valence-corrected chi connectivity index (χ1v) is 6.77. The Morgan fingerprint density at radius 3 is 2.48 bits per heavy atom. The Bertz CT molecular complexity index is 730. The van der Waals surface area contributed by atoms with E-state index in [-0.39, 0.29) is 23.7 Å². The molecule has 2 rings (SSSR count). The number of halogens is 1. The van der Waals surface area contributed by atoms with Crippen LogP contribution in [0.4, 0.5) is 4.39 Å². The van der Waals surface area contributed by atoms with E-state index >= 15 is 0 Å². The van der Waals surface area contributed by atoms with Crippen LogP contribution in [0.2, 0.25) is 0 Å². The highest BCUT2D eigenvalue weighted by Gasteiger charge is 2.09. The highest BCUT2D eigenvalue weighted by atomic mass is 19.1. The largest absolute Gasteiger partial charge is 0.504 e. The van der Waals surface area contributed by atoms with Gasteiger partial charge in [-0.3, -0.25) is 4.79 Å². The number of benzene rings is 2. The molecule has 0 unspecified atom stereocenters. The van der Waals surface area contributed by atoms with Gasteiger partial charge in [0.15, 0.2) is 11.5 Å². The number of phenols is 3. The highest BCUT2D eigenvalue weighted by molar-refractivity contribution is 5.87. The second-order valence-electron chi connectivity index (χ2n) is 4.79. The summed E-state index contributed by atoms with van der Waals surface area (Å²) in [5.41, 5.74) is 3.24. The first-order chi connectivity index (χ1) is 11.0. The second-order valence-corrected chi connectivity index (χ2v) is 4.79. The number of hydrogen-bond donors (Lipinski definition) is 4. The summed E-state index contributed by atoms with van der Waals surface area (Å²) in [5.74, 6) is -2.33. The van der Waals surface area contributed by atoms with E-state index < -0.39 is 17.2 Å². The van der Waals surface area contributed by atoms with Crippen LogP contribution in [0, 0.1) is 5.82 Å². The maximum Gasteiger partial charge on any atom is 0.240 e. The fourth-order valence-corrected chi connectivity index (χ4v) is 1.83. The number of hydrogen-bond acceptors (Lipinski definition) is 5. The number of phenolic OH excluding ortho intramolecular Hbond substituents is 3. The summed E-state index contributed by atoms with van der Waals surface area (Å²) < 4.78 is 12.7. The smallest absolute Gasteiger partial charge is 0.240 e. The molecule has 4 N–H and O–H groups in total. The molecule has 0 bridgehead atoms. The summed E-state index contributed by atoms with van der Waals surface area (Å²) in [6, 6.07) is 8.37. The van der Waals surface area contributed by atoms with Crippen molar-refractivity contribution >= 4 is 12.1 Å². The molecule has 0 aliphatic rings. The summed E-state index contributed by atoms with van der Waals surface area (Å²) in [7, 11) is 0. The van der Waals surface area contributed by atoms with Gasteiger partial charge in [0.2, 0.25) is 11.7 Å². The number of carbonyl (C=O) groups is 1. The number of amides is 1. The van der Waals surface area contributed by atoms with Crippen molar-refractivity contribution in [2.24, 2.45) is 5.10 Å². The first kappa shape index (κ1) is 16.3. The van der Waals surface area contributed by atoms with Crippen LogP contribution in [0.1, 0.15) is 17.5 Å². The van der Waals surface area contributed by atoms with E-state index in [9.17, 15) is 24.5 Å². The first-order valence-electron chi connectivity index (χ1n) is 6.77. The van der Waals surface area contributed by atoms with Crippen molar-refractivity contribution in [1.82, 2.24) is 5.43 Å². The Balaban J connectivity index is 1.86. The molecule has 0 fully saturated rings. The van der Waals surface area contributed by atoms with Gasteiger partial charge in [-0.1, -0.05) is 12.1 Å². The molecule has 0 spiro atoms.